The van der Waals surface area contributed by atoms with Gasteiger partial charge in [-0.05, 0) is 23.1 Å². The van der Waals surface area contributed by atoms with E-state index in [1.165, 1.54) is 5.56 Å². The lowest BCUT2D eigenvalue weighted by molar-refractivity contribution is 0.607. The number of hydrogen-bond donors (Lipinski definition) is 0. The molecule has 1 nitrogen and oxygen atoms in total. The van der Waals surface area contributed by atoms with Crippen LogP contribution in [-0.4, -0.2) is 7.85 Å². The van der Waals surface area contributed by atoms with Crippen molar-refractivity contribution in [2.75, 3.05) is 0 Å². The normalized spacial score (nSPS) is 13.6. The molecular weight excluding hydrogens is 183 g/mol. The highest BCUT2D eigenvalue weighted by molar-refractivity contribution is 6.13. The van der Waals surface area contributed by atoms with Gasteiger partial charge in [0.15, 0.2) is 0 Å². The molecule has 0 aliphatic heterocycles. The maximum Gasteiger partial charge on any atom is 0.137 e. The highest BCUT2D eigenvalue weighted by atomic mass is 16.3. The Hall–Kier alpha value is -1.18. The summed E-state index contributed by atoms with van der Waals surface area (Å²) in [6.07, 6.45) is 1.74. The molecule has 0 aliphatic carbocycles. The van der Waals surface area contributed by atoms with Crippen molar-refractivity contribution in [1.29, 1.82) is 0 Å². The first kappa shape index (κ1) is 10.3. The van der Waals surface area contributed by atoms with E-state index in [0.29, 0.717) is 5.92 Å². The van der Waals surface area contributed by atoms with Gasteiger partial charge in [-0.2, -0.15) is 0 Å². The third-order valence-electron chi connectivity index (χ3n) is 2.79. The van der Waals surface area contributed by atoms with E-state index in [9.17, 15) is 0 Å². The molecule has 1 aromatic heterocycles. The first-order valence-electron chi connectivity index (χ1n) is 5.37. The molecule has 1 aromatic carbocycles. The second-order valence-electron chi connectivity index (χ2n) is 4.35. The van der Waals surface area contributed by atoms with Crippen LogP contribution in [0.15, 0.2) is 28.9 Å². The maximum absolute atomic E-state index is 5.92. The standard InChI is InChI=1S/C13H15BO/c1-8(2)10-4-5-11(9(3)14)12-6-7-15-13(10)12/h4-9H,1-3H3. The van der Waals surface area contributed by atoms with Crippen molar-refractivity contribution in [3.05, 3.63) is 35.6 Å². The van der Waals surface area contributed by atoms with Crippen LogP contribution in [0.3, 0.4) is 0 Å². The number of benzene rings is 1. The van der Waals surface area contributed by atoms with Gasteiger partial charge in [0.05, 0.1) is 14.1 Å². The number of hydrogen-bond acceptors (Lipinski definition) is 1. The first-order valence-corrected chi connectivity index (χ1v) is 5.37. The average Bonchev–Trinajstić information content (AvgIpc) is 2.63. The molecule has 76 valence electrons. The highest BCUT2D eigenvalue weighted by Crippen LogP contribution is 2.31. The molecule has 2 rings (SSSR count). The molecular formula is C13H15BO. The van der Waals surface area contributed by atoms with Crippen molar-refractivity contribution in [3.8, 4) is 0 Å². The van der Waals surface area contributed by atoms with Gasteiger partial charge in [-0.25, -0.2) is 0 Å². The molecule has 2 heteroatoms. The number of fused-ring (bicyclic) bond motifs is 1. The largest absolute Gasteiger partial charge is 0.464 e. The minimum absolute atomic E-state index is 0.0475. The lowest BCUT2D eigenvalue weighted by Gasteiger charge is -2.11. The zero-order chi connectivity index (χ0) is 11.0. The zero-order valence-corrected chi connectivity index (χ0v) is 9.45. The summed E-state index contributed by atoms with van der Waals surface area (Å²) < 4.78 is 5.55. The molecule has 0 spiro atoms. The Morgan fingerprint density at radius 2 is 1.73 bits per heavy atom. The second kappa shape index (κ2) is 3.76. The molecule has 15 heavy (non-hydrogen) atoms. The molecule has 1 unspecified atom stereocenters. The first-order chi connectivity index (χ1) is 7.11. The van der Waals surface area contributed by atoms with Crippen LogP contribution in [0.5, 0.6) is 0 Å². The molecule has 0 fully saturated rings. The molecule has 0 saturated heterocycles. The second-order valence-corrected chi connectivity index (χ2v) is 4.35. The lowest BCUT2D eigenvalue weighted by atomic mass is 9.80. The maximum atomic E-state index is 5.92. The van der Waals surface area contributed by atoms with Crippen molar-refractivity contribution in [2.45, 2.75) is 32.5 Å². The van der Waals surface area contributed by atoms with Crippen LogP contribution in [0.1, 0.15) is 43.6 Å². The lowest BCUT2D eigenvalue weighted by Crippen LogP contribution is -1.95. The van der Waals surface area contributed by atoms with Gasteiger partial charge in [0.2, 0.25) is 0 Å². The summed E-state index contributed by atoms with van der Waals surface area (Å²) in [6, 6.07) is 6.23. The van der Waals surface area contributed by atoms with Crippen LogP contribution >= 0.6 is 0 Å². The Morgan fingerprint density at radius 3 is 2.33 bits per heavy atom. The van der Waals surface area contributed by atoms with E-state index in [-0.39, 0.29) is 5.82 Å². The van der Waals surface area contributed by atoms with E-state index in [1.54, 1.807) is 6.26 Å². The van der Waals surface area contributed by atoms with Gasteiger partial charge in [-0.3, -0.25) is 0 Å². The molecule has 1 atom stereocenters. The summed E-state index contributed by atoms with van der Waals surface area (Å²) >= 11 is 0. The van der Waals surface area contributed by atoms with Crippen molar-refractivity contribution in [2.24, 2.45) is 0 Å². The Bertz CT molecular complexity index is 426. The summed E-state index contributed by atoms with van der Waals surface area (Å²) in [4.78, 5) is 0. The Morgan fingerprint density at radius 1 is 1.07 bits per heavy atom. The fraction of sp³-hybridized carbons (Fsp3) is 0.385. The van der Waals surface area contributed by atoms with E-state index >= 15 is 0 Å². The fourth-order valence-electron chi connectivity index (χ4n) is 1.96. The van der Waals surface area contributed by atoms with Gasteiger partial charge in [-0.15, -0.1) is 0 Å². The molecule has 0 N–H and O–H groups in total. The van der Waals surface area contributed by atoms with Crippen LogP contribution < -0.4 is 0 Å². The van der Waals surface area contributed by atoms with E-state index in [2.05, 4.69) is 26.0 Å². The topological polar surface area (TPSA) is 13.1 Å². The zero-order valence-electron chi connectivity index (χ0n) is 9.45. The SMILES string of the molecule is [B]C(C)c1ccc(C(C)C)c2occc12. The van der Waals surface area contributed by atoms with E-state index < -0.39 is 0 Å². The molecule has 2 radical (unpaired) electrons. The van der Waals surface area contributed by atoms with Crippen LogP contribution in [0.4, 0.5) is 0 Å². The van der Waals surface area contributed by atoms with Gasteiger partial charge >= 0.3 is 0 Å². The van der Waals surface area contributed by atoms with Gasteiger partial charge in [0, 0.05) is 5.39 Å². The summed E-state index contributed by atoms with van der Waals surface area (Å²) in [7, 11) is 5.92. The van der Waals surface area contributed by atoms with Crippen molar-refractivity contribution in [3.63, 3.8) is 0 Å². The van der Waals surface area contributed by atoms with Crippen LogP contribution in [0.2, 0.25) is 0 Å². The summed E-state index contributed by atoms with van der Waals surface area (Å²) in [5.74, 6) is 0.520. The molecule has 0 saturated carbocycles. The average molecular weight is 198 g/mol. The van der Waals surface area contributed by atoms with E-state index in [1.807, 2.05) is 13.0 Å². The van der Waals surface area contributed by atoms with Gasteiger partial charge in [-0.1, -0.05) is 38.7 Å². The molecule has 2 aromatic rings. The summed E-state index contributed by atoms with van der Waals surface area (Å²) in [5.41, 5.74) is 3.39. The Labute approximate surface area is 91.9 Å². The minimum Gasteiger partial charge on any atom is -0.464 e. The number of furan rings is 1. The van der Waals surface area contributed by atoms with E-state index in [4.69, 9.17) is 12.3 Å². The van der Waals surface area contributed by atoms with Gasteiger partial charge in [0.1, 0.15) is 5.58 Å². The smallest absolute Gasteiger partial charge is 0.137 e. The Balaban J connectivity index is 2.71. The molecule has 1 heterocycles. The predicted molar refractivity (Wildman–Crippen MR) is 64.5 cm³/mol. The van der Waals surface area contributed by atoms with Crippen molar-refractivity contribution >= 4 is 18.8 Å². The molecule has 0 aliphatic rings. The van der Waals surface area contributed by atoms with Crippen molar-refractivity contribution in [1.82, 2.24) is 0 Å². The third-order valence-corrected chi connectivity index (χ3v) is 2.79. The minimum atomic E-state index is 0.0475. The quantitative estimate of drug-likeness (QED) is 0.669. The fourth-order valence-corrected chi connectivity index (χ4v) is 1.96. The summed E-state index contributed by atoms with van der Waals surface area (Å²) in [6.45, 7) is 6.34. The Kier molecular flexibility index (Phi) is 2.60. The van der Waals surface area contributed by atoms with Crippen LogP contribution in [0, 0.1) is 0 Å². The molecule has 0 bridgehead atoms. The van der Waals surface area contributed by atoms with E-state index in [0.717, 1.165) is 16.5 Å². The highest BCUT2D eigenvalue weighted by Gasteiger charge is 2.12. The summed E-state index contributed by atoms with van der Waals surface area (Å²) in [5, 5.41) is 1.15. The molecule has 0 amide bonds. The van der Waals surface area contributed by atoms with Crippen LogP contribution in [-0.2, 0) is 0 Å². The van der Waals surface area contributed by atoms with Gasteiger partial charge in [0.25, 0.3) is 0 Å². The predicted octanol–water partition coefficient (Wildman–Crippen LogP) is 3.79. The third kappa shape index (κ3) is 1.69. The van der Waals surface area contributed by atoms with Crippen molar-refractivity contribution < 1.29 is 4.42 Å². The van der Waals surface area contributed by atoms with Crippen LogP contribution in [0.25, 0.3) is 11.0 Å². The van der Waals surface area contributed by atoms with Gasteiger partial charge < -0.3 is 4.42 Å². The number of rotatable bonds is 2. The monoisotopic (exact) mass is 198 g/mol.